The van der Waals surface area contributed by atoms with Gasteiger partial charge in [-0.25, -0.2) is 0 Å². The number of carbonyl (C=O) groups is 3. The summed E-state index contributed by atoms with van der Waals surface area (Å²) in [7, 11) is 0. The Kier molecular flexibility index (Phi) is 5.18. The summed E-state index contributed by atoms with van der Waals surface area (Å²) in [6.45, 7) is 1.33. The van der Waals surface area contributed by atoms with Crippen molar-refractivity contribution in [3.05, 3.63) is 0 Å². The Labute approximate surface area is 137 Å². The van der Waals surface area contributed by atoms with Gasteiger partial charge in [-0.05, 0) is 32.1 Å². The third-order valence-corrected chi connectivity index (χ3v) is 5.42. The molecule has 128 valence electrons. The quantitative estimate of drug-likeness (QED) is 0.812. The molecule has 0 spiro atoms. The van der Waals surface area contributed by atoms with Crippen LogP contribution in [0.3, 0.4) is 0 Å². The molecule has 23 heavy (non-hydrogen) atoms. The van der Waals surface area contributed by atoms with Crippen molar-refractivity contribution in [2.75, 3.05) is 13.1 Å². The summed E-state index contributed by atoms with van der Waals surface area (Å²) in [6, 6.07) is -0.150. The first-order valence-corrected chi connectivity index (χ1v) is 9.02. The largest absolute Gasteiger partial charge is 0.353 e. The van der Waals surface area contributed by atoms with Crippen LogP contribution in [0.15, 0.2) is 0 Å². The number of likely N-dealkylation sites (tertiary alicyclic amines) is 1. The molecule has 1 aliphatic carbocycles. The highest BCUT2D eigenvalue weighted by molar-refractivity contribution is 5.90. The zero-order chi connectivity index (χ0) is 16.2. The Balaban J connectivity index is 1.42. The lowest BCUT2D eigenvalue weighted by Crippen LogP contribution is -2.51. The predicted molar refractivity (Wildman–Crippen MR) is 85.5 cm³/mol. The van der Waals surface area contributed by atoms with E-state index in [1.54, 1.807) is 0 Å². The van der Waals surface area contributed by atoms with Gasteiger partial charge in [-0.1, -0.05) is 19.3 Å². The molecule has 3 amide bonds. The standard InChI is InChI=1S/C17H27N3O3/c21-15-7-6-14(19-15)17(23)20-10-8-13(9-11-20)18-16(22)12-4-2-1-3-5-12/h12-14H,1-11H2,(H,18,22)(H,19,21). The van der Waals surface area contributed by atoms with Gasteiger partial charge in [0.2, 0.25) is 17.7 Å². The van der Waals surface area contributed by atoms with Gasteiger partial charge in [0.25, 0.3) is 0 Å². The maximum absolute atomic E-state index is 12.3. The number of amides is 3. The van der Waals surface area contributed by atoms with Crippen molar-refractivity contribution in [3.8, 4) is 0 Å². The Hall–Kier alpha value is -1.59. The fourth-order valence-corrected chi connectivity index (χ4v) is 3.95. The molecule has 6 heteroatoms. The molecule has 3 aliphatic rings. The van der Waals surface area contributed by atoms with Crippen molar-refractivity contribution in [3.63, 3.8) is 0 Å². The molecule has 0 bridgehead atoms. The lowest BCUT2D eigenvalue weighted by Gasteiger charge is -2.34. The Morgan fingerprint density at radius 3 is 2.30 bits per heavy atom. The van der Waals surface area contributed by atoms with Gasteiger partial charge in [0.1, 0.15) is 6.04 Å². The maximum atomic E-state index is 12.3. The minimum atomic E-state index is -0.337. The van der Waals surface area contributed by atoms with E-state index in [4.69, 9.17) is 0 Å². The van der Waals surface area contributed by atoms with E-state index in [-0.39, 0.29) is 35.7 Å². The zero-order valence-electron chi connectivity index (χ0n) is 13.7. The van der Waals surface area contributed by atoms with E-state index in [1.807, 2.05) is 4.90 Å². The second-order valence-corrected chi connectivity index (χ2v) is 7.10. The minimum absolute atomic E-state index is 0.0296. The molecule has 0 aromatic heterocycles. The van der Waals surface area contributed by atoms with E-state index in [1.165, 1.54) is 6.42 Å². The van der Waals surface area contributed by atoms with E-state index in [2.05, 4.69) is 10.6 Å². The Morgan fingerprint density at radius 2 is 1.70 bits per heavy atom. The van der Waals surface area contributed by atoms with Crippen LogP contribution >= 0.6 is 0 Å². The number of hydrogen-bond acceptors (Lipinski definition) is 3. The molecule has 2 saturated heterocycles. The zero-order valence-corrected chi connectivity index (χ0v) is 13.7. The molecule has 3 rings (SSSR count). The van der Waals surface area contributed by atoms with Gasteiger partial charge < -0.3 is 15.5 Å². The number of carbonyl (C=O) groups excluding carboxylic acids is 3. The molecule has 1 saturated carbocycles. The van der Waals surface area contributed by atoms with E-state index >= 15 is 0 Å². The normalized spacial score (nSPS) is 26.9. The summed E-state index contributed by atoms with van der Waals surface area (Å²) in [5, 5.41) is 5.92. The summed E-state index contributed by atoms with van der Waals surface area (Å²) >= 11 is 0. The van der Waals surface area contributed by atoms with Gasteiger partial charge in [0.15, 0.2) is 0 Å². The Bertz CT molecular complexity index is 466. The smallest absolute Gasteiger partial charge is 0.245 e. The molecule has 0 aromatic carbocycles. The van der Waals surface area contributed by atoms with Crippen molar-refractivity contribution in [1.82, 2.24) is 15.5 Å². The van der Waals surface area contributed by atoms with E-state index in [0.717, 1.165) is 38.5 Å². The number of hydrogen-bond donors (Lipinski definition) is 2. The number of rotatable bonds is 3. The molecule has 0 radical (unpaired) electrons. The van der Waals surface area contributed by atoms with Crippen LogP contribution in [0.25, 0.3) is 0 Å². The number of nitrogens with one attached hydrogen (secondary N) is 2. The van der Waals surface area contributed by atoms with Gasteiger partial charge in [0.05, 0.1) is 0 Å². The molecule has 3 fully saturated rings. The first-order chi connectivity index (χ1) is 11.1. The molecular formula is C17H27N3O3. The van der Waals surface area contributed by atoms with Crippen LogP contribution in [0.4, 0.5) is 0 Å². The second kappa shape index (κ2) is 7.32. The lowest BCUT2D eigenvalue weighted by molar-refractivity contribution is -0.135. The van der Waals surface area contributed by atoms with E-state index in [0.29, 0.717) is 25.9 Å². The summed E-state index contributed by atoms with van der Waals surface area (Å²) in [5.41, 5.74) is 0. The third-order valence-electron chi connectivity index (χ3n) is 5.42. The monoisotopic (exact) mass is 321 g/mol. The highest BCUT2D eigenvalue weighted by Crippen LogP contribution is 2.24. The molecule has 1 unspecified atom stereocenters. The van der Waals surface area contributed by atoms with E-state index in [9.17, 15) is 14.4 Å². The average Bonchev–Trinajstić information content (AvgIpc) is 3.02. The van der Waals surface area contributed by atoms with Gasteiger partial charge >= 0.3 is 0 Å². The molecule has 2 heterocycles. The van der Waals surface area contributed by atoms with Crippen LogP contribution < -0.4 is 10.6 Å². The lowest BCUT2D eigenvalue weighted by atomic mass is 9.88. The second-order valence-electron chi connectivity index (χ2n) is 7.10. The fraction of sp³-hybridized carbons (Fsp3) is 0.824. The van der Waals surface area contributed by atoms with Gasteiger partial charge in [-0.15, -0.1) is 0 Å². The van der Waals surface area contributed by atoms with Gasteiger partial charge in [0, 0.05) is 31.5 Å². The SMILES string of the molecule is O=C1CCC(C(=O)N2CCC(NC(=O)C3CCCCC3)CC2)N1. The Morgan fingerprint density at radius 1 is 1.00 bits per heavy atom. The maximum Gasteiger partial charge on any atom is 0.245 e. The third kappa shape index (κ3) is 4.03. The van der Waals surface area contributed by atoms with Crippen molar-refractivity contribution >= 4 is 17.7 Å². The number of nitrogens with zero attached hydrogens (tertiary/aromatic N) is 1. The summed E-state index contributed by atoms with van der Waals surface area (Å²) < 4.78 is 0. The molecule has 6 nitrogen and oxygen atoms in total. The van der Waals surface area contributed by atoms with Crippen molar-refractivity contribution in [1.29, 1.82) is 0 Å². The van der Waals surface area contributed by atoms with Crippen LogP contribution in [0.2, 0.25) is 0 Å². The van der Waals surface area contributed by atoms with Crippen molar-refractivity contribution in [2.45, 2.75) is 69.9 Å². The molecule has 0 aromatic rings. The summed E-state index contributed by atoms with van der Waals surface area (Å²) in [4.78, 5) is 37.7. The van der Waals surface area contributed by atoms with Crippen LogP contribution in [0.1, 0.15) is 57.8 Å². The summed E-state index contributed by atoms with van der Waals surface area (Å²) in [5.74, 6) is 0.403. The molecule has 2 N–H and O–H groups in total. The predicted octanol–water partition coefficient (Wildman–Crippen LogP) is 0.952. The van der Waals surface area contributed by atoms with E-state index < -0.39 is 0 Å². The molecular weight excluding hydrogens is 294 g/mol. The topological polar surface area (TPSA) is 78.5 Å². The molecule has 1 atom stereocenters. The van der Waals surface area contributed by atoms with Gasteiger partial charge in [-0.3, -0.25) is 14.4 Å². The fourth-order valence-electron chi connectivity index (χ4n) is 3.95. The highest BCUT2D eigenvalue weighted by Gasteiger charge is 2.33. The number of piperidine rings is 1. The van der Waals surface area contributed by atoms with Crippen LogP contribution in [0.5, 0.6) is 0 Å². The van der Waals surface area contributed by atoms with Crippen LogP contribution in [0, 0.1) is 5.92 Å². The summed E-state index contributed by atoms with van der Waals surface area (Å²) in [6.07, 6.45) is 8.30. The van der Waals surface area contributed by atoms with Crippen molar-refractivity contribution < 1.29 is 14.4 Å². The van der Waals surface area contributed by atoms with Gasteiger partial charge in [-0.2, -0.15) is 0 Å². The first-order valence-electron chi connectivity index (χ1n) is 9.02. The van der Waals surface area contributed by atoms with Crippen LogP contribution in [-0.2, 0) is 14.4 Å². The van der Waals surface area contributed by atoms with Crippen LogP contribution in [-0.4, -0.2) is 47.8 Å². The average molecular weight is 321 g/mol. The molecule has 2 aliphatic heterocycles. The highest BCUT2D eigenvalue weighted by atomic mass is 16.2. The van der Waals surface area contributed by atoms with Crippen molar-refractivity contribution in [2.24, 2.45) is 5.92 Å². The minimum Gasteiger partial charge on any atom is -0.353 e. The first kappa shape index (κ1) is 16.3.